The van der Waals surface area contributed by atoms with Crippen LogP contribution < -0.4 is 19.5 Å². The van der Waals surface area contributed by atoms with Crippen molar-refractivity contribution in [1.82, 2.24) is 10.2 Å². The fourth-order valence-corrected chi connectivity index (χ4v) is 3.50. The highest BCUT2D eigenvalue weighted by molar-refractivity contribution is 5.87. The van der Waals surface area contributed by atoms with E-state index >= 15 is 0 Å². The van der Waals surface area contributed by atoms with Gasteiger partial charge in [-0.2, -0.15) is 0 Å². The van der Waals surface area contributed by atoms with Crippen LogP contribution in [0.3, 0.4) is 0 Å². The first kappa shape index (κ1) is 26.0. The van der Waals surface area contributed by atoms with Crippen LogP contribution in [-0.2, 0) is 16.1 Å². The zero-order valence-electron chi connectivity index (χ0n) is 20.3. The van der Waals surface area contributed by atoms with Gasteiger partial charge in [0.25, 0.3) is 0 Å². The Balaban J connectivity index is 2.06. The van der Waals surface area contributed by atoms with Gasteiger partial charge in [-0.25, -0.2) is 0 Å². The maximum atomic E-state index is 13.2. The average Bonchev–Trinajstić information content (AvgIpc) is 2.81. The molecule has 0 aliphatic rings. The highest BCUT2D eigenvalue weighted by Gasteiger charge is 2.28. The fraction of sp³-hybridized carbons (Fsp3) is 0.462. The maximum Gasteiger partial charge on any atom is 0.243 e. The molecular formula is C26H36N2O5. The van der Waals surface area contributed by atoms with Crippen molar-refractivity contribution in [2.75, 3.05) is 20.8 Å². The van der Waals surface area contributed by atoms with E-state index in [0.29, 0.717) is 31.7 Å². The Morgan fingerprint density at radius 1 is 0.970 bits per heavy atom. The van der Waals surface area contributed by atoms with Crippen molar-refractivity contribution in [3.05, 3.63) is 54.1 Å². The van der Waals surface area contributed by atoms with Crippen LogP contribution in [0.25, 0.3) is 0 Å². The van der Waals surface area contributed by atoms with Crippen LogP contribution in [0.15, 0.2) is 48.5 Å². The summed E-state index contributed by atoms with van der Waals surface area (Å²) in [6.07, 6.45) is 1.35. The lowest BCUT2D eigenvalue weighted by molar-refractivity contribution is -0.141. The molecule has 0 saturated carbocycles. The van der Waals surface area contributed by atoms with E-state index in [-0.39, 0.29) is 24.3 Å². The molecule has 0 aliphatic carbocycles. The third-order valence-corrected chi connectivity index (χ3v) is 5.17. The van der Waals surface area contributed by atoms with E-state index in [1.54, 1.807) is 19.1 Å². The van der Waals surface area contributed by atoms with Crippen molar-refractivity contribution in [1.29, 1.82) is 0 Å². The van der Waals surface area contributed by atoms with E-state index in [2.05, 4.69) is 5.32 Å². The predicted octanol–water partition coefficient (Wildman–Crippen LogP) is 4.19. The summed E-state index contributed by atoms with van der Waals surface area (Å²) in [5, 5.41) is 2.94. The van der Waals surface area contributed by atoms with Crippen LogP contribution in [0.4, 0.5) is 0 Å². The zero-order chi connectivity index (χ0) is 24.2. The van der Waals surface area contributed by atoms with Crippen molar-refractivity contribution in [2.45, 2.75) is 58.7 Å². The molecule has 1 N–H and O–H groups in total. The van der Waals surface area contributed by atoms with Crippen molar-refractivity contribution < 1.29 is 23.8 Å². The smallest absolute Gasteiger partial charge is 0.243 e. The molecule has 180 valence electrons. The molecule has 0 saturated heterocycles. The first-order valence-electron chi connectivity index (χ1n) is 11.4. The number of hydrogen-bond donors (Lipinski definition) is 1. The number of carbonyl (C=O) groups is 2. The number of carbonyl (C=O) groups excluding carboxylic acids is 2. The van der Waals surface area contributed by atoms with Crippen LogP contribution in [0.1, 0.15) is 45.6 Å². The minimum absolute atomic E-state index is 0.00165. The van der Waals surface area contributed by atoms with Gasteiger partial charge < -0.3 is 24.4 Å². The number of benzene rings is 2. The van der Waals surface area contributed by atoms with E-state index in [4.69, 9.17) is 14.2 Å². The predicted molar refractivity (Wildman–Crippen MR) is 129 cm³/mol. The van der Waals surface area contributed by atoms with E-state index in [1.807, 2.05) is 69.3 Å². The molecular weight excluding hydrogens is 420 g/mol. The van der Waals surface area contributed by atoms with Gasteiger partial charge in [-0.05, 0) is 68.7 Å². The zero-order valence-corrected chi connectivity index (χ0v) is 20.3. The van der Waals surface area contributed by atoms with Gasteiger partial charge in [-0.3, -0.25) is 9.59 Å². The number of nitrogens with zero attached hydrogens (tertiary/aromatic N) is 1. The van der Waals surface area contributed by atoms with Crippen LogP contribution in [0.2, 0.25) is 0 Å². The summed E-state index contributed by atoms with van der Waals surface area (Å²) in [4.78, 5) is 27.7. The summed E-state index contributed by atoms with van der Waals surface area (Å²) in [5.41, 5.74) is 0.910. The topological polar surface area (TPSA) is 77.1 Å². The van der Waals surface area contributed by atoms with E-state index < -0.39 is 6.04 Å². The Labute approximate surface area is 197 Å². The number of hydrogen-bond acceptors (Lipinski definition) is 5. The van der Waals surface area contributed by atoms with Crippen LogP contribution in [0.5, 0.6) is 17.2 Å². The molecule has 0 unspecified atom stereocenters. The fourth-order valence-electron chi connectivity index (χ4n) is 3.50. The molecule has 1 atom stereocenters. The quantitative estimate of drug-likeness (QED) is 0.457. The maximum absolute atomic E-state index is 13.2. The largest absolute Gasteiger partial charge is 0.497 e. The molecule has 0 radical (unpaired) electrons. The summed E-state index contributed by atoms with van der Waals surface area (Å²) in [6, 6.07) is 14.3. The van der Waals surface area contributed by atoms with Gasteiger partial charge in [-0.1, -0.05) is 19.1 Å². The lowest BCUT2D eigenvalue weighted by Crippen LogP contribution is -2.50. The first-order chi connectivity index (χ1) is 15.9. The van der Waals surface area contributed by atoms with Gasteiger partial charge in [0.15, 0.2) is 0 Å². The molecule has 0 aliphatic heterocycles. The van der Waals surface area contributed by atoms with Crippen LogP contribution in [0, 0.1) is 0 Å². The second-order valence-corrected chi connectivity index (χ2v) is 8.09. The van der Waals surface area contributed by atoms with Crippen molar-refractivity contribution in [3.63, 3.8) is 0 Å². The van der Waals surface area contributed by atoms with Crippen molar-refractivity contribution in [3.8, 4) is 17.2 Å². The molecule has 0 heterocycles. The molecule has 0 aromatic heterocycles. The number of nitrogens with one attached hydrogen (secondary N) is 1. The Morgan fingerprint density at radius 3 is 2.24 bits per heavy atom. The van der Waals surface area contributed by atoms with E-state index in [0.717, 1.165) is 17.1 Å². The standard InChI is InChI=1S/C26H36N2O5/c1-6-24(26(30)27-19(2)3)28(18-20-9-7-10-23(17-20)32-5)25(29)11-8-16-33-22-14-12-21(31-4)13-15-22/h7,9-10,12-15,17,19,24H,6,8,11,16,18H2,1-5H3,(H,27,30)/t24-/m1/s1. The SMILES string of the molecule is CC[C@H](C(=O)NC(C)C)N(Cc1cccc(OC)c1)C(=O)CCCOc1ccc(OC)cc1. The Bertz CT molecular complexity index is 883. The van der Waals surface area contributed by atoms with Crippen LogP contribution >= 0.6 is 0 Å². The number of ether oxygens (including phenoxy) is 3. The molecule has 33 heavy (non-hydrogen) atoms. The highest BCUT2D eigenvalue weighted by Crippen LogP contribution is 2.20. The Kier molecular flexibility index (Phi) is 10.5. The Hall–Kier alpha value is -3.22. The van der Waals surface area contributed by atoms with E-state index in [1.165, 1.54) is 0 Å². The molecule has 2 amide bonds. The van der Waals surface area contributed by atoms with Crippen LogP contribution in [-0.4, -0.2) is 49.6 Å². The first-order valence-corrected chi connectivity index (χ1v) is 11.4. The second kappa shape index (κ2) is 13.4. The minimum Gasteiger partial charge on any atom is -0.497 e. The molecule has 2 rings (SSSR count). The van der Waals surface area contributed by atoms with Gasteiger partial charge in [0.1, 0.15) is 23.3 Å². The lowest BCUT2D eigenvalue weighted by Gasteiger charge is -2.31. The van der Waals surface area contributed by atoms with Crippen molar-refractivity contribution >= 4 is 11.8 Å². The second-order valence-electron chi connectivity index (χ2n) is 8.09. The molecule has 0 fully saturated rings. The Morgan fingerprint density at radius 2 is 1.64 bits per heavy atom. The summed E-state index contributed by atoms with van der Waals surface area (Å²) >= 11 is 0. The highest BCUT2D eigenvalue weighted by atomic mass is 16.5. The van der Waals surface area contributed by atoms with Gasteiger partial charge in [0.2, 0.25) is 11.8 Å². The monoisotopic (exact) mass is 456 g/mol. The summed E-state index contributed by atoms with van der Waals surface area (Å²) < 4.78 is 16.2. The molecule has 7 nitrogen and oxygen atoms in total. The summed E-state index contributed by atoms with van der Waals surface area (Å²) in [5.74, 6) is 1.97. The number of rotatable bonds is 13. The molecule has 0 spiro atoms. The van der Waals surface area contributed by atoms with Gasteiger partial charge in [0.05, 0.1) is 20.8 Å². The van der Waals surface area contributed by atoms with Gasteiger partial charge in [0, 0.05) is 19.0 Å². The summed E-state index contributed by atoms with van der Waals surface area (Å²) in [6.45, 7) is 6.48. The van der Waals surface area contributed by atoms with Gasteiger partial charge >= 0.3 is 0 Å². The third kappa shape index (κ3) is 8.33. The normalized spacial score (nSPS) is 11.6. The minimum atomic E-state index is -0.548. The molecule has 0 bridgehead atoms. The molecule has 7 heteroatoms. The van der Waals surface area contributed by atoms with Crippen molar-refractivity contribution in [2.24, 2.45) is 0 Å². The lowest BCUT2D eigenvalue weighted by atomic mass is 10.1. The van der Waals surface area contributed by atoms with E-state index in [9.17, 15) is 9.59 Å². The average molecular weight is 457 g/mol. The third-order valence-electron chi connectivity index (χ3n) is 5.17. The van der Waals surface area contributed by atoms with Gasteiger partial charge in [-0.15, -0.1) is 0 Å². The molecule has 2 aromatic rings. The summed E-state index contributed by atoms with van der Waals surface area (Å²) in [7, 11) is 3.22. The number of methoxy groups -OCH3 is 2. The molecule has 2 aromatic carbocycles. The number of amides is 2.